The SMILES string of the molecule is CCOC(=O)c1c(N2C(=O)C3CC=C(C)CC3C2=O)sc2c1CCC(C)C2. The number of fused-ring (bicyclic) bond motifs is 2. The zero-order valence-electron chi connectivity index (χ0n) is 16.0. The van der Waals surface area contributed by atoms with E-state index in [1.807, 2.05) is 6.92 Å². The molecule has 1 aromatic heterocycles. The van der Waals surface area contributed by atoms with Crippen LogP contribution in [0, 0.1) is 17.8 Å². The Kier molecular flexibility index (Phi) is 4.70. The minimum atomic E-state index is -0.413. The number of allylic oxidation sites excluding steroid dienone is 2. The van der Waals surface area contributed by atoms with Crippen LogP contribution in [0.4, 0.5) is 5.00 Å². The summed E-state index contributed by atoms with van der Waals surface area (Å²) in [5.41, 5.74) is 2.59. The van der Waals surface area contributed by atoms with E-state index < -0.39 is 5.97 Å². The average Bonchev–Trinajstić information content (AvgIpc) is 3.10. The largest absolute Gasteiger partial charge is 0.462 e. The minimum Gasteiger partial charge on any atom is -0.462 e. The van der Waals surface area contributed by atoms with Crippen molar-refractivity contribution in [1.82, 2.24) is 0 Å². The lowest BCUT2D eigenvalue weighted by Crippen LogP contribution is -2.31. The van der Waals surface area contributed by atoms with Gasteiger partial charge in [-0.15, -0.1) is 11.3 Å². The van der Waals surface area contributed by atoms with Crippen LogP contribution < -0.4 is 4.90 Å². The van der Waals surface area contributed by atoms with Gasteiger partial charge < -0.3 is 4.74 Å². The molecule has 1 aromatic rings. The Hall–Kier alpha value is -1.95. The van der Waals surface area contributed by atoms with Crippen LogP contribution in [0.2, 0.25) is 0 Å². The first-order chi connectivity index (χ1) is 12.9. The van der Waals surface area contributed by atoms with Crippen LogP contribution in [0.15, 0.2) is 11.6 Å². The van der Waals surface area contributed by atoms with E-state index in [4.69, 9.17) is 4.74 Å². The molecule has 1 aliphatic heterocycles. The van der Waals surface area contributed by atoms with E-state index in [-0.39, 0.29) is 30.3 Å². The van der Waals surface area contributed by atoms with Gasteiger partial charge in [-0.3, -0.25) is 9.59 Å². The van der Waals surface area contributed by atoms with Gasteiger partial charge in [0.25, 0.3) is 0 Å². The highest BCUT2D eigenvalue weighted by atomic mass is 32.1. The van der Waals surface area contributed by atoms with Crippen LogP contribution in [-0.2, 0) is 27.2 Å². The Morgan fingerprint density at radius 3 is 2.74 bits per heavy atom. The number of imide groups is 1. The molecule has 2 heterocycles. The Bertz CT molecular complexity index is 853. The first kappa shape index (κ1) is 18.4. The molecule has 0 aromatic carbocycles. The molecule has 0 N–H and O–H groups in total. The number of anilines is 1. The zero-order valence-corrected chi connectivity index (χ0v) is 16.9. The molecule has 0 bridgehead atoms. The third kappa shape index (κ3) is 2.94. The summed E-state index contributed by atoms with van der Waals surface area (Å²) < 4.78 is 5.29. The van der Waals surface area contributed by atoms with Crippen molar-refractivity contribution < 1.29 is 19.1 Å². The molecule has 1 saturated heterocycles. The Labute approximate surface area is 163 Å². The lowest BCUT2D eigenvalue weighted by Gasteiger charge is -2.19. The zero-order chi connectivity index (χ0) is 19.3. The van der Waals surface area contributed by atoms with Crippen molar-refractivity contribution in [3.05, 3.63) is 27.7 Å². The monoisotopic (exact) mass is 387 g/mol. The third-order valence-corrected chi connectivity index (χ3v) is 7.24. The van der Waals surface area contributed by atoms with Crippen molar-refractivity contribution in [2.45, 2.75) is 52.9 Å². The molecule has 0 spiro atoms. The number of carbonyl (C=O) groups is 3. The second-order valence-corrected chi connectivity index (χ2v) is 9.05. The number of hydrogen-bond acceptors (Lipinski definition) is 5. The molecule has 2 amide bonds. The Morgan fingerprint density at radius 1 is 1.26 bits per heavy atom. The number of thiophene rings is 1. The van der Waals surface area contributed by atoms with Gasteiger partial charge in [-0.25, -0.2) is 9.69 Å². The highest BCUT2D eigenvalue weighted by Gasteiger charge is 2.50. The van der Waals surface area contributed by atoms with Crippen LogP contribution in [0.5, 0.6) is 0 Å². The van der Waals surface area contributed by atoms with Gasteiger partial charge in [-0.2, -0.15) is 0 Å². The molecule has 5 nitrogen and oxygen atoms in total. The molecular weight excluding hydrogens is 362 g/mol. The van der Waals surface area contributed by atoms with E-state index in [1.165, 1.54) is 16.2 Å². The average molecular weight is 388 g/mol. The highest BCUT2D eigenvalue weighted by Crippen LogP contribution is 2.47. The summed E-state index contributed by atoms with van der Waals surface area (Å²) in [4.78, 5) is 41.4. The number of rotatable bonds is 3. The Balaban J connectivity index is 1.78. The summed E-state index contributed by atoms with van der Waals surface area (Å²) in [6.07, 6.45) is 5.98. The number of hydrogen-bond donors (Lipinski definition) is 0. The topological polar surface area (TPSA) is 63.7 Å². The number of nitrogens with zero attached hydrogens (tertiary/aromatic N) is 1. The summed E-state index contributed by atoms with van der Waals surface area (Å²) in [6, 6.07) is 0. The summed E-state index contributed by atoms with van der Waals surface area (Å²) in [5, 5.41) is 0.495. The quantitative estimate of drug-likeness (QED) is 0.448. The predicted molar refractivity (Wildman–Crippen MR) is 104 cm³/mol. The molecule has 4 rings (SSSR count). The molecule has 1 fully saturated rings. The predicted octanol–water partition coefficient (Wildman–Crippen LogP) is 3.90. The van der Waals surface area contributed by atoms with Crippen LogP contribution in [-0.4, -0.2) is 24.4 Å². The van der Waals surface area contributed by atoms with Crippen molar-refractivity contribution in [2.24, 2.45) is 17.8 Å². The van der Waals surface area contributed by atoms with Crippen LogP contribution in [0.25, 0.3) is 0 Å². The van der Waals surface area contributed by atoms with Gasteiger partial charge >= 0.3 is 5.97 Å². The second-order valence-electron chi connectivity index (χ2n) is 7.97. The summed E-state index contributed by atoms with van der Waals surface area (Å²) in [7, 11) is 0. The van der Waals surface area contributed by atoms with Gasteiger partial charge in [0.1, 0.15) is 5.00 Å². The number of esters is 1. The number of ether oxygens (including phenoxy) is 1. The van der Waals surface area contributed by atoms with Crippen molar-refractivity contribution in [2.75, 3.05) is 11.5 Å². The second kappa shape index (κ2) is 6.89. The highest BCUT2D eigenvalue weighted by molar-refractivity contribution is 7.17. The lowest BCUT2D eigenvalue weighted by atomic mass is 9.82. The van der Waals surface area contributed by atoms with E-state index in [1.54, 1.807) is 6.92 Å². The normalized spacial score (nSPS) is 27.3. The first-order valence-electron chi connectivity index (χ1n) is 9.77. The third-order valence-electron chi connectivity index (χ3n) is 6.00. The fraction of sp³-hybridized carbons (Fsp3) is 0.571. The molecule has 3 atom stereocenters. The number of carbonyl (C=O) groups excluding carboxylic acids is 3. The van der Waals surface area contributed by atoms with E-state index in [0.717, 1.165) is 35.3 Å². The molecule has 27 heavy (non-hydrogen) atoms. The molecule has 3 aliphatic rings. The van der Waals surface area contributed by atoms with Gasteiger partial charge in [0.05, 0.1) is 24.0 Å². The maximum Gasteiger partial charge on any atom is 0.341 e. The van der Waals surface area contributed by atoms with Crippen molar-refractivity contribution >= 4 is 34.1 Å². The van der Waals surface area contributed by atoms with E-state index in [0.29, 0.717) is 29.3 Å². The standard InChI is InChI=1S/C21H25NO4S/c1-4-26-21(25)17-14-8-6-12(3)10-16(14)27-20(17)22-18(23)13-7-5-11(2)9-15(13)19(22)24/h5,12-13,15H,4,6-10H2,1-3H3. The van der Waals surface area contributed by atoms with Crippen LogP contribution in [0.1, 0.15) is 60.8 Å². The molecule has 144 valence electrons. The van der Waals surface area contributed by atoms with Crippen LogP contribution in [0.3, 0.4) is 0 Å². The fourth-order valence-electron chi connectivity index (χ4n) is 4.55. The molecular formula is C21H25NO4S. The van der Waals surface area contributed by atoms with Crippen molar-refractivity contribution in [3.8, 4) is 0 Å². The van der Waals surface area contributed by atoms with Crippen molar-refractivity contribution in [1.29, 1.82) is 0 Å². The first-order valence-corrected chi connectivity index (χ1v) is 10.6. The molecule has 0 radical (unpaired) electrons. The molecule has 6 heteroatoms. The summed E-state index contributed by atoms with van der Waals surface area (Å²) in [6.45, 7) is 6.25. The maximum atomic E-state index is 13.1. The van der Waals surface area contributed by atoms with Crippen LogP contribution >= 0.6 is 11.3 Å². The van der Waals surface area contributed by atoms with Gasteiger partial charge in [0.2, 0.25) is 11.8 Å². The Morgan fingerprint density at radius 2 is 2.00 bits per heavy atom. The van der Waals surface area contributed by atoms with Gasteiger partial charge in [-0.1, -0.05) is 18.6 Å². The smallest absolute Gasteiger partial charge is 0.341 e. The maximum absolute atomic E-state index is 13.1. The van der Waals surface area contributed by atoms with Gasteiger partial charge in [0, 0.05) is 4.88 Å². The molecule has 3 unspecified atom stereocenters. The van der Waals surface area contributed by atoms with Gasteiger partial charge in [-0.05, 0) is 57.4 Å². The summed E-state index contributed by atoms with van der Waals surface area (Å²) in [5.74, 6) is -0.784. The minimum absolute atomic E-state index is 0.158. The fourth-order valence-corrected chi connectivity index (χ4v) is 6.05. The molecule has 0 saturated carbocycles. The molecule has 2 aliphatic carbocycles. The van der Waals surface area contributed by atoms with E-state index in [2.05, 4.69) is 13.0 Å². The lowest BCUT2D eigenvalue weighted by molar-refractivity contribution is -0.122. The van der Waals surface area contributed by atoms with E-state index >= 15 is 0 Å². The van der Waals surface area contributed by atoms with Gasteiger partial charge in [0.15, 0.2) is 0 Å². The van der Waals surface area contributed by atoms with Crippen molar-refractivity contribution in [3.63, 3.8) is 0 Å². The summed E-state index contributed by atoms with van der Waals surface area (Å²) >= 11 is 1.44. The van der Waals surface area contributed by atoms with E-state index in [9.17, 15) is 14.4 Å². The number of amides is 2.